The third-order valence-electron chi connectivity index (χ3n) is 3.05. The topological polar surface area (TPSA) is 84.3 Å². The zero-order valence-corrected chi connectivity index (χ0v) is 11.5. The van der Waals surface area contributed by atoms with Crippen molar-refractivity contribution in [2.75, 3.05) is 5.32 Å². The number of nitro groups is 1. The molecule has 0 aromatic heterocycles. The number of rotatable bonds is 4. The van der Waals surface area contributed by atoms with Crippen LogP contribution in [0.3, 0.4) is 0 Å². The highest BCUT2D eigenvalue weighted by atomic mass is 16.6. The summed E-state index contributed by atoms with van der Waals surface area (Å²) in [5.41, 5.74) is 1.81. The van der Waals surface area contributed by atoms with Crippen molar-refractivity contribution in [3.05, 3.63) is 69.8 Å². The van der Waals surface area contributed by atoms with Crippen LogP contribution in [0.25, 0.3) is 0 Å². The average Bonchev–Trinajstić information content (AvgIpc) is 2.48. The second-order valence-corrected chi connectivity index (χ2v) is 4.50. The van der Waals surface area contributed by atoms with Crippen LogP contribution >= 0.6 is 0 Å². The molecule has 0 aliphatic rings. The number of amides is 2. The Morgan fingerprint density at radius 1 is 1.14 bits per heavy atom. The van der Waals surface area contributed by atoms with E-state index < -0.39 is 11.0 Å². The van der Waals surface area contributed by atoms with Gasteiger partial charge in [-0.3, -0.25) is 10.1 Å². The van der Waals surface area contributed by atoms with E-state index in [0.29, 0.717) is 17.8 Å². The summed E-state index contributed by atoms with van der Waals surface area (Å²) < 4.78 is 0. The Morgan fingerprint density at radius 2 is 1.86 bits per heavy atom. The molecule has 0 aliphatic carbocycles. The van der Waals surface area contributed by atoms with E-state index >= 15 is 0 Å². The minimum Gasteiger partial charge on any atom is -0.334 e. The molecule has 6 heteroatoms. The molecule has 108 valence electrons. The van der Waals surface area contributed by atoms with E-state index in [4.69, 9.17) is 0 Å². The van der Waals surface area contributed by atoms with Gasteiger partial charge < -0.3 is 10.6 Å². The van der Waals surface area contributed by atoms with Gasteiger partial charge in [0.1, 0.15) is 0 Å². The highest BCUT2D eigenvalue weighted by Crippen LogP contribution is 2.24. The standard InChI is InChI=1S/C15H15N3O3/c1-11-13(8-5-9-14(11)18(20)21)17-15(19)16-10-12-6-3-2-4-7-12/h2-9H,10H2,1H3,(H2,16,17,19). The first-order chi connectivity index (χ1) is 10.1. The minimum atomic E-state index is -0.470. The zero-order valence-electron chi connectivity index (χ0n) is 11.5. The fourth-order valence-electron chi connectivity index (χ4n) is 1.90. The highest BCUT2D eigenvalue weighted by molar-refractivity contribution is 5.90. The maximum absolute atomic E-state index is 11.8. The Hall–Kier alpha value is -2.89. The quantitative estimate of drug-likeness (QED) is 0.668. The van der Waals surface area contributed by atoms with Gasteiger partial charge in [-0.1, -0.05) is 36.4 Å². The largest absolute Gasteiger partial charge is 0.334 e. The molecule has 2 aromatic carbocycles. The van der Waals surface area contributed by atoms with Gasteiger partial charge in [-0.05, 0) is 18.6 Å². The van der Waals surface area contributed by atoms with Crippen LogP contribution in [-0.4, -0.2) is 11.0 Å². The number of carbonyl (C=O) groups is 1. The number of hydrogen-bond donors (Lipinski definition) is 2. The zero-order chi connectivity index (χ0) is 15.2. The molecule has 0 spiro atoms. The summed E-state index contributed by atoms with van der Waals surface area (Å²) in [6.07, 6.45) is 0. The SMILES string of the molecule is Cc1c(NC(=O)NCc2ccccc2)cccc1[N+](=O)[O-]. The van der Waals surface area contributed by atoms with Gasteiger partial charge in [0.2, 0.25) is 0 Å². The van der Waals surface area contributed by atoms with Crippen molar-refractivity contribution in [1.29, 1.82) is 0 Å². The lowest BCUT2D eigenvalue weighted by Gasteiger charge is -2.10. The Bertz CT molecular complexity index is 656. The van der Waals surface area contributed by atoms with Gasteiger partial charge in [-0.25, -0.2) is 4.79 Å². The van der Waals surface area contributed by atoms with Crippen molar-refractivity contribution in [3.63, 3.8) is 0 Å². The van der Waals surface area contributed by atoms with Crippen LogP contribution in [0.2, 0.25) is 0 Å². The molecule has 0 saturated carbocycles. The molecule has 2 N–H and O–H groups in total. The number of nitrogens with one attached hydrogen (secondary N) is 2. The molecule has 0 radical (unpaired) electrons. The first kappa shape index (κ1) is 14.5. The molecule has 2 aromatic rings. The summed E-state index contributed by atoms with van der Waals surface area (Å²) in [4.78, 5) is 22.2. The summed E-state index contributed by atoms with van der Waals surface area (Å²) >= 11 is 0. The number of nitrogens with zero attached hydrogens (tertiary/aromatic N) is 1. The van der Waals surface area contributed by atoms with E-state index in [1.54, 1.807) is 13.0 Å². The van der Waals surface area contributed by atoms with Crippen molar-refractivity contribution >= 4 is 17.4 Å². The lowest BCUT2D eigenvalue weighted by Crippen LogP contribution is -2.28. The third kappa shape index (κ3) is 3.79. The summed E-state index contributed by atoms with van der Waals surface area (Å²) in [7, 11) is 0. The van der Waals surface area contributed by atoms with Gasteiger partial charge in [0.05, 0.1) is 16.2 Å². The first-order valence-electron chi connectivity index (χ1n) is 6.40. The van der Waals surface area contributed by atoms with E-state index in [2.05, 4.69) is 10.6 Å². The molecular weight excluding hydrogens is 270 g/mol. The van der Waals surface area contributed by atoms with Crippen molar-refractivity contribution in [2.45, 2.75) is 13.5 Å². The number of benzene rings is 2. The van der Waals surface area contributed by atoms with Gasteiger partial charge in [-0.2, -0.15) is 0 Å². The molecule has 0 aliphatic heterocycles. The number of nitro benzene ring substituents is 1. The molecule has 0 fully saturated rings. The Labute approximate surface area is 121 Å². The van der Waals surface area contributed by atoms with Crippen LogP contribution in [0.1, 0.15) is 11.1 Å². The maximum Gasteiger partial charge on any atom is 0.319 e. The van der Waals surface area contributed by atoms with E-state index in [-0.39, 0.29) is 5.69 Å². The number of carbonyl (C=O) groups excluding carboxylic acids is 1. The molecule has 2 amide bonds. The van der Waals surface area contributed by atoms with Crippen LogP contribution in [-0.2, 0) is 6.54 Å². The fourth-order valence-corrected chi connectivity index (χ4v) is 1.90. The van der Waals surface area contributed by atoms with Crippen molar-refractivity contribution in [2.24, 2.45) is 0 Å². The molecule has 0 bridgehead atoms. The van der Waals surface area contributed by atoms with Crippen molar-refractivity contribution in [3.8, 4) is 0 Å². The van der Waals surface area contributed by atoms with E-state index in [0.717, 1.165) is 5.56 Å². The summed E-state index contributed by atoms with van der Waals surface area (Å²) in [5, 5.41) is 16.2. The number of anilines is 1. The highest BCUT2D eigenvalue weighted by Gasteiger charge is 2.14. The average molecular weight is 285 g/mol. The van der Waals surface area contributed by atoms with Crippen LogP contribution in [0.5, 0.6) is 0 Å². The molecule has 21 heavy (non-hydrogen) atoms. The Kier molecular flexibility index (Phi) is 4.50. The fraction of sp³-hybridized carbons (Fsp3) is 0.133. The smallest absolute Gasteiger partial charge is 0.319 e. The summed E-state index contributed by atoms with van der Waals surface area (Å²) in [5.74, 6) is 0. The lowest BCUT2D eigenvalue weighted by molar-refractivity contribution is -0.385. The van der Waals surface area contributed by atoms with Crippen LogP contribution in [0.4, 0.5) is 16.2 Å². The number of hydrogen-bond acceptors (Lipinski definition) is 3. The molecule has 0 atom stereocenters. The number of urea groups is 1. The van der Waals surface area contributed by atoms with Crippen LogP contribution in [0.15, 0.2) is 48.5 Å². The third-order valence-corrected chi connectivity index (χ3v) is 3.05. The minimum absolute atomic E-state index is 0.0177. The summed E-state index contributed by atoms with van der Waals surface area (Å²) in [6.45, 7) is 1.99. The second kappa shape index (κ2) is 6.51. The predicted octanol–water partition coefficient (Wildman–Crippen LogP) is 3.22. The molecule has 0 saturated heterocycles. The first-order valence-corrected chi connectivity index (χ1v) is 6.40. The normalized spacial score (nSPS) is 9.95. The maximum atomic E-state index is 11.8. The van der Waals surface area contributed by atoms with Crippen molar-refractivity contribution in [1.82, 2.24) is 5.32 Å². The van der Waals surface area contributed by atoms with Gasteiger partial charge in [-0.15, -0.1) is 0 Å². The lowest BCUT2D eigenvalue weighted by atomic mass is 10.1. The Balaban J connectivity index is 2.00. The van der Waals surface area contributed by atoms with Gasteiger partial charge in [0.25, 0.3) is 5.69 Å². The van der Waals surface area contributed by atoms with E-state index in [9.17, 15) is 14.9 Å². The van der Waals surface area contributed by atoms with E-state index in [1.165, 1.54) is 12.1 Å². The molecule has 0 unspecified atom stereocenters. The van der Waals surface area contributed by atoms with Crippen LogP contribution in [0, 0.1) is 17.0 Å². The molecule has 2 rings (SSSR count). The van der Waals surface area contributed by atoms with Gasteiger partial charge in [0, 0.05) is 12.6 Å². The second-order valence-electron chi connectivity index (χ2n) is 4.50. The monoisotopic (exact) mass is 285 g/mol. The predicted molar refractivity (Wildman–Crippen MR) is 80.1 cm³/mol. The van der Waals surface area contributed by atoms with Gasteiger partial charge >= 0.3 is 6.03 Å². The van der Waals surface area contributed by atoms with E-state index in [1.807, 2.05) is 30.3 Å². The molecule has 6 nitrogen and oxygen atoms in total. The van der Waals surface area contributed by atoms with Crippen LogP contribution < -0.4 is 10.6 Å². The van der Waals surface area contributed by atoms with Crippen molar-refractivity contribution < 1.29 is 9.72 Å². The molecule has 0 heterocycles. The summed E-state index contributed by atoms with van der Waals surface area (Å²) in [6, 6.07) is 13.7. The molecular formula is C15H15N3O3. The van der Waals surface area contributed by atoms with Gasteiger partial charge in [0.15, 0.2) is 0 Å². The Morgan fingerprint density at radius 3 is 2.52 bits per heavy atom.